The van der Waals surface area contributed by atoms with Gasteiger partial charge in [0.2, 0.25) is 0 Å². The van der Waals surface area contributed by atoms with E-state index in [0.29, 0.717) is 18.0 Å². The summed E-state index contributed by atoms with van der Waals surface area (Å²) in [6.07, 6.45) is 3.46. The van der Waals surface area contributed by atoms with Crippen LogP contribution in [0.25, 0.3) is 0 Å². The molecule has 0 spiro atoms. The molecule has 4 heteroatoms. The standard InChI is InChI=1S/C16H22F3N/c17-16(18,19)15-9-5-8-14(10-15)12-20-11-13-6-3-1-2-4-7-13/h5,8-10,13,20H,1-4,6-7,11-12H2. The fourth-order valence-electron chi connectivity index (χ4n) is 2.85. The number of benzene rings is 1. The van der Waals surface area contributed by atoms with Crippen LogP contribution in [0.2, 0.25) is 0 Å². The average molecular weight is 285 g/mol. The van der Waals surface area contributed by atoms with Gasteiger partial charge in [-0.15, -0.1) is 0 Å². The minimum Gasteiger partial charge on any atom is -0.312 e. The molecule has 0 radical (unpaired) electrons. The second kappa shape index (κ2) is 7.11. The number of halogens is 3. The Balaban J connectivity index is 1.81. The molecule has 0 amide bonds. The molecule has 0 bridgehead atoms. The molecule has 1 N–H and O–H groups in total. The van der Waals surface area contributed by atoms with Crippen LogP contribution in [-0.4, -0.2) is 6.54 Å². The zero-order chi connectivity index (χ0) is 14.4. The first-order chi connectivity index (χ1) is 9.55. The highest BCUT2D eigenvalue weighted by Gasteiger charge is 2.30. The number of hydrogen-bond acceptors (Lipinski definition) is 1. The van der Waals surface area contributed by atoms with Gasteiger partial charge in [-0.2, -0.15) is 13.2 Å². The van der Waals surface area contributed by atoms with Gasteiger partial charge in [0.1, 0.15) is 0 Å². The monoisotopic (exact) mass is 285 g/mol. The lowest BCUT2D eigenvalue weighted by atomic mass is 10.0. The lowest BCUT2D eigenvalue weighted by molar-refractivity contribution is -0.137. The van der Waals surface area contributed by atoms with Crippen molar-refractivity contribution >= 4 is 0 Å². The number of hydrogen-bond donors (Lipinski definition) is 1. The van der Waals surface area contributed by atoms with Crippen molar-refractivity contribution in [3.63, 3.8) is 0 Å². The molecule has 0 aliphatic heterocycles. The minimum atomic E-state index is -4.25. The third-order valence-electron chi connectivity index (χ3n) is 3.99. The van der Waals surface area contributed by atoms with E-state index in [4.69, 9.17) is 0 Å². The number of alkyl halides is 3. The third-order valence-corrected chi connectivity index (χ3v) is 3.99. The summed E-state index contributed by atoms with van der Waals surface area (Å²) in [6, 6.07) is 5.58. The van der Waals surface area contributed by atoms with Crippen molar-refractivity contribution in [1.82, 2.24) is 5.32 Å². The smallest absolute Gasteiger partial charge is 0.312 e. The van der Waals surface area contributed by atoms with E-state index in [-0.39, 0.29) is 0 Å². The van der Waals surface area contributed by atoms with Crippen LogP contribution in [0.5, 0.6) is 0 Å². The van der Waals surface area contributed by atoms with Crippen LogP contribution in [0.15, 0.2) is 24.3 Å². The van der Waals surface area contributed by atoms with Gasteiger partial charge < -0.3 is 5.32 Å². The molecular formula is C16H22F3N. The quantitative estimate of drug-likeness (QED) is 0.786. The zero-order valence-electron chi connectivity index (χ0n) is 11.7. The van der Waals surface area contributed by atoms with E-state index < -0.39 is 11.7 Å². The van der Waals surface area contributed by atoms with Crippen LogP contribution >= 0.6 is 0 Å². The van der Waals surface area contributed by atoms with Crippen molar-refractivity contribution in [2.75, 3.05) is 6.54 Å². The molecule has 1 saturated carbocycles. The average Bonchev–Trinajstić information content (AvgIpc) is 2.67. The largest absolute Gasteiger partial charge is 0.416 e. The molecule has 0 atom stereocenters. The molecule has 0 saturated heterocycles. The molecule has 20 heavy (non-hydrogen) atoms. The van der Waals surface area contributed by atoms with Gasteiger partial charge in [-0.25, -0.2) is 0 Å². The maximum absolute atomic E-state index is 12.6. The SMILES string of the molecule is FC(F)(F)c1cccc(CNCC2CCCCCC2)c1. The Morgan fingerprint density at radius 2 is 1.75 bits per heavy atom. The van der Waals surface area contributed by atoms with E-state index in [1.54, 1.807) is 6.07 Å². The van der Waals surface area contributed by atoms with Gasteiger partial charge in [0.05, 0.1) is 5.56 Å². The van der Waals surface area contributed by atoms with Gasteiger partial charge in [0.15, 0.2) is 0 Å². The van der Waals surface area contributed by atoms with Crippen LogP contribution in [-0.2, 0) is 12.7 Å². The van der Waals surface area contributed by atoms with Crippen LogP contribution in [0.1, 0.15) is 49.7 Å². The van der Waals surface area contributed by atoms with Crippen molar-refractivity contribution in [3.8, 4) is 0 Å². The summed E-state index contributed by atoms with van der Waals surface area (Å²) < 4.78 is 37.8. The van der Waals surface area contributed by atoms with E-state index in [0.717, 1.165) is 12.6 Å². The number of rotatable bonds is 4. The molecule has 1 aromatic rings. The van der Waals surface area contributed by atoms with E-state index in [1.165, 1.54) is 50.7 Å². The van der Waals surface area contributed by atoms with Crippen molar-refractivity contribution < 1.29 is 13.2 Å². The summed E-state index contributed by atoms with van der Waals surface area (Å²) in [5.74, 6) is 0.684. The Hall–Kier alpha value is -1.03. The maximum Gasteiger partial charge on any atom is 0.416 e. The summed E-state index contributed by atoms with van der Waals surface area (Å²) in [7, 11) is 0. The predicted molar refractivity (Wildman–Crippen MR) is 74.3 cm³/mol. The lowest BCUT2D eigenvalue weighted by Crippen LogP contribution is -2.22. The second-order valence-electron chi connectivity index (χ2n) is 5.69. The van der Waals surface area contributed by atoms with E-state index in [9.17, 15) is 13.2 Å². The zero-order valence-corrected chi connectivity index (χ0v) is 11.7. The fourth-order valence-corrected chi connectivity index (χ4v) is 2.85. The summed E-state index contributed by atoms with van der Waals surface area (Å²) in [5.41, 5.74) is 0.139. The molecule has 1 aliphatic carbocycles. The van der Waals surface area contributed by atoms with Gasteiger partial charge in [0.25, 0.3) is 0 Å². The topological polar surface area (TPSA) is 12.0 Å². The van der Waals surface area contributed by atoms with Gasteiger partial charge in [-0.05, 0) is 36.9 Å². The Kier molecular flexibility index (Phi) is 5.46. The molecule has 1 aromatic carbocycles. The van der Waals surface area contributed by atoms with Crippen molar-refractivity contribution in [1.29, 1.82) is 0 Å². The second-order valence-corrected chi connectivity index (χ2v) is 5.69. The van der Waals surface area contributed by atoms with Gasteiger partial charge in [-0.3, -0.25) is 0 Å². The molecule has 0 unspecified atom stereocenters. The fraction of sp³-hybridized carbons (Fsp3) is 0.625. The van der Waals surface area contributed by atoms with Crippen molar-refractivity contribution in [2.45, 2.75) is 51.2 Å². The Morgan fingerprint density at radius 3 is 2.40 bits per heavy atom. The molecule has 112 valence electrons. The first kappa shape index (κ1) is 15.4. The Bertz CT molecular complexity index is 406. The van der Waals surface area contributed by atoms with E-state index >= 15 is 0 Å². The normalized spacial score (nSPS) is 17.9. The van der Waals surface area contributed by atoms with E-state index in [2.05, 4.69) is 5.32 Å². The van der Waals surface area contributed by atoms with Gasteiger partial charge in [0, 0.05) is 6.54 Å². The summed E-state index contributed by atoms with van der Waals surface area (Å²) in [6.45, 7) is 1.43. The third kappa shape index (κ3) is 4.82. The molecule has 2 rings (SSSR count). The summed E-state index contributed by atoms with van der Waals surface area (Å²) in [4.78, 5) is 0. The Labute approximate surface area is 118 Å². The maximum atomic E-state index is 12.6. The highest BCUT2D eigenvalue weighted by atomic mass is 19.4. The lowest BCUT2D eigenvalue weighted by Gasteiger charge is -2.15. The summed E-state index contributed by atoms with van der Waals surface area (Å²) in [5, 5.41) is 3.31. The number of nitrogens with one attached hydrogen (secondary N) is 1. The summed E-state index contributed by atoms with van der Waals surface area (Å²) >= 11 is 0. The van der Waals surface area contributed by atoms with Gasteiger partial charge in [-0.1, -0.05) is 43.9 Å². The highest BCUT2D eigenvalue weighted by Crippen LogP contribution is 2.29. The predicted octanol–water partition coefficient (Wildman–Crippen LogP) is 4.77. The van der Waals surface area contributed by atoms with Crippen LogP contribution in [0, 0.1) is 5.92 Å². The molecule has 0 aromatic heterocycles. The first-order valence-electron chi connectivity index (χ1n) is 7.42. The molecule has 1 nitrogen and oxygen atoms in total. The van der Waals surface area contributed by atoms with Crippen LogP contribution < -0.4 is 5.32 Å². The van der Waals surface area contributed by atoms with Crippen LogP contribution in [0.4, 0.5) is 13.2 Å². The highest BCUT2D eigenvalue weighted by molar-refractivity contribution is 5.25. The molecule has 1 aliphatic rings. The van der Waals surface area contributed by atoms with Crippen molar-refractivity contribution in [2.24, 2.45) is 5.92 Å². The van der Waals surface area contributed by atoms with E-state index in [1.807, 2.05) is 0 Å². The molecular weight excluding hydrogens is 263 g/mol. The molecule has 0 heterocycles. The Morgan fingerprint density at radius 1 is 1.05 bits per heavy atom. The van der Waals surface area contributed by atoms with Crippen LogP contribution in [0.3, 0.4) is 0 Å². The van der Waals surface area contributed by atoms with Crippen molar-refractivity contribution in [3.05, 3.63) is 35.4 Å². The molecule has 1 fully saturated rings. The van der Waals surface area contributed by atoms with Gasteiger partial charge >= 0.3 is 6.18 Å². The minimum absolute atomic E-state index is 0.514. The first-order valence-corrected chi connectivity index (χ1v) is 7.42.